The van der Waals surface area contributed by atoms with Crippen molar-refractivity contribution in [2.45, 2.75) is 49.8 Å². The molecule has 0 unspecified atom stereocenters. The predicted octanol–water partition coefficient (Wildman–Crippen LogP) is 5.17. The first-order chi connectivity index (χ1) is 14.3. The lowest BCUT2D eigenvalue weighted by molar-refractivity contribution is -0.123. The normalized spacial score (nSPS) is 11.2. The molecule has 0 aliphatic carbocycles. The average molecular weight is 444 g/mol. The van der Waals surface area contributed by atoms with Crippen LogP contribution in [0.15, 0.2) is 58.5 Å². The molecule has 0 bridgehead atoms. The number of amides is 1. The van der Waals surface area contributed by atoms with Gasteiger partial charge in [0.1, 0.15) is 24.1 Å². The Morgan fingerprint density at radius 3 is 2.60 bits per heavy atom. The Kier molecular flexibility index (Phi) is 7.58. The summed E-state index contributed by atoms with van der Waals surface area (Å²) in [7, 11) is 0. The van der Waals surface area contributed by atoms with Gasteiger partial charge in [-0.1, -0.05) is 67.5 Å². The van der Waals surface area contributed by atoms with E-state index in [4.69, 9.17) is 27.1 Å². The average Bonchev–Trinajstić information content (AvgIpc) is 2.99. The fourth-order valence-electron chi connectivity index (χ4n) is 3.14. The zero-order valence-corrected chi connectivity index (χ0v) is 19.0. The molecule has 0 saturated carbocycles. The molecule has 3 aromatic rings. The number of aromatic nitrogens is 2. The van der Waals surface area contributed by atoms with Gasteiger partial charge in [-0.2, -0.15) is 0 Å². The highest BCUT2D eigenvalue weighted by Gasteiger charge is 2.21. The van der Waals surface area contributed by atoms with Crippen molar-refractivity contribution in [1.29, 1.82) is 0 Å². The Hall–Kier alpha value is -2.28. The molecule has 1 aromatic heterocycles. The lowest BCUT2D eigenvalue weighted by Crippen LogP contribution is -2.19. The Balaban J connectivity index is 2.03. The summed E-state index contributed by atoms with van der Waals surface area (Å²) >= 11 is 7.94. The van der Waals surface area contributed by atoms with E-state index in [-0.39, 0.29) is 19.1 Å². The van der Waals surface area contributed by atoms with E-state index in [9.17, 15) is 4.79 Å². The van der Waals surface area contributed by atoms with Crippen LogP contribution in [0.1, 0.15) is 42.4 Å². The van der Waals surface area contributed by atoms with Crippen LogP contribution in [0, 0.1) is 6.92 Å². The number of rotatable bonds is 9. The molecular formula is C23H26ClN3O2S. The lowest BCUT2D eigenvalue weighted by Gasteiger charge is -2.14. The van der Waals surface area contributed by atoms with E-state index >= 15 is 0 Å². The highest BCUT2D eigenvalue weighted by Crippen LogP contribution is 2.37. The number of nitrogens with zero attached hydrogens (tertiary/aromatic N) is 2. The zero-order chi connectivity index (χ0) is 21.7. The SMILES string of the molecule is Cc1cc(Cl)cc(Sc2c(C(C)C)nc(COCC(N)=O)n2Cc2ccccc2)c1. The Labute approximate surface area is 186 Å². The Bertz CT molecular complexity index is 999. The maximum absolute atomic E-state index is 11.1. The van der Waals surface area contributed by atoms with Crippen molar-refractivity contribution in [3.05, 3.63) is 76.2 Å². The third-order valence-electron chi connectivity index (χ3n) is 4.46. The number of hydrogen-bond acceptors (Lipinski definition) is 4. The van der Waals surface area contributed by atoms with Gasteiger partial charge in [0, 0.05) is 16.5 Å². The topological polar surface area (TPSA) is 70.1 Å². The minimum Gasteiger partial charge on any atom is -0.368 e. The first-order valence-corrected chi connectivity index (χ1v) is 11.0. The number of carbonyl (C=O) groups is 1. The van der Waals surface area contributed by atoms with E-state index in [2.05, 4.69) is 36.6 Å². The van der Waals surface area contributed by atoms with Gasteiger partial charge in [-0.3, -0.25) is 4.79 Å². The monoisotopic (exact) mass is 443 g/mol. The van der Waals surface area contributed by atoms with Crippen LogP contribution in [-0.4, -0.2) is 22.1 Å². The van der Waals surface area contributed by atoms with Crippen LogP contribution in [0.5, 0.6) is 0 Å². The molecule has 0 spiro atoms. The molecule has 3 rings (SSSR count). The summed E-state index contributed by atoms with van der Waals surface area (Å²) in [6.45, 7) is 7.00. The second-order valence-corrected chi connectivity index (χ2v) is 8.97. The van der Waals surface area contributed by atoms with Crippen molar-refractivity contribution in [3.63, 3.8) is 0 Å². The highest BCUT2D eigenvalue weighted by molar-refractivity contribution is 7.99. The molecule has 0 aliphatic heterocycles. The number of aryl methyl sites for hydroxylation is 1. The molecule has 0 aliphatic rings. The maximum atomic E-state index is 11.1. The molecule has 7 heteroatoms. The third kappa shape index (κ3) is 5.88. The van der Waals surface area contributed by atoms with Crippen molar-refractivity contribution >= 4 is 29.3 Å². The first-order valence-electron chi connectivity index (χ1n) is 9.77. The van der Waals surface area contributed by atoms with E-state index < -0.39 is 5.91 Å². The van der Waals surface area contributed by atoms with Crippen LogP contribution in [-0.2, 0) is 22.7 Å². The Morgan fingerprint density at radius 1 is 1.23 bits per heavy atom. The van der Waals surface area contributed by atoms with Gasteiger partial charge in [0.15, 0.2) is 0 Å². The molecule has 158 valence electrons. The number of primary amides is 1. The van der Waals surface area contributed by atoms with Gasteiger partial charge in [0.2, 0.25) is 5.91 Å². The van der Waals surface area contributed by atoms with Crippen molar-refractivity contribution < 1.29 is 9.53 Å². The molecule has 0 atom stereocenters. The molecule has 1 heterocycles. The van der Waals surface area contributed by atoms with E-state index in [1.807, 2.05) is 37.3 Å². The number of benzene rings is 2. The van der Waals surface area contributed by atoms with Crippen LogP contribution in [0.2, 0.25) is 5.02 Å². The third-order valence-corrected chi connectivity index (χ3v) is 5.77. The second kappa shape index (κ2) is 10.2. The van der Waals surface area contributed by atoms with Gasteiger partial charge >= 0.3 is 0 Å². The number of carbonyl (C=O) groups excluding carboxylic acids is 1. The molecule has 2 aromatic carbocycles. The number of imidazole rings is 1. The smallest absolute Gasteiger partial charge is 0.243 e. The number of halogens is 1. The standard InChI is InChI=1S/C23H26ClN3O2S/c1-15(2)22-23(30-19-10-16(3)9-18(24)11-19)27(12-17-7-5-4-6-8-17)21(26-22)14-29-13-20(25)28/h4-11,15H,12-14H2,1-3H3,(H2,25,28). The van der Waals surface area contributed by atoms with Crippen LogP contribution < -0.4 is 5.73 Å². The second-order valence-electron chi connectivity index (χ2n) is 7.47. The fraction of sp³-hybridized carbons (Fsp3) is 0.304. The van der Waals surface area contributed by atoms with E-state index in [1.165, 1.54) is 0 Å². The summed E-state index contributed by atoms with van der Waals surface area (Å²) in [6, 6.07) is 16.2. The van der Waals surface area contributed by atoms with Gasteiger partial charge in [-0.15, -0.1) is 0 Å². The van der Waals surface area contributed by atoms with E-state index in [1.54, 1.807) is 11.8 Å². The number of hydrogen-bond donors (Lipinski definition) is 1. The summed E-state index contributed by atoms with van der Waals surface area (Å²) in [5.74, 6) is 0.494. The minimum atomic E-state index is -0.496. The number of nitrogens with two attached hydrogens (primary N) is 1. The van der Waals surface area contributed by atoms with Crippen LogP contribution >= 0.6 is 23.4 Å². The largest absolute Gasteiger partial charge is 0.368 e. The van der Waals surface area contributed by atoms with Gasteiger partial charge in [-0.25, -0.2) is 4.98 Å². The molecule has 0 radical (unpaired) electrons. The van der Waals surface area contributed by atoms with Gasteiger partial charge < -0.3 is 15.0 Å². The van der Waals surface area contributed by atoms with Crippen molar-refractivity contribution in [2.24, 2.45) is 5.73 Å². The fourth-order valence-corrected chi connectivity index (χ4v) is 4.82. The van der Waals surface area contributed by atoms with Crippen LogP contribution in [0.4, 0.5) is 0 Å². The lowest BCUT2D eigenvalue weighted by atomic mass is 10.1. The van der Waals surface area contributed by atoms with E-state index in [0.29, 0.717) is 11.6 Å². The van der Waals surface area contributed by atoms with Gasteiger partial charge in [-0.05, 0) is 42.2 Å². The van der Waals surface area contributed by atoms with Gasteiger partial charge in [0.05, 0.1) is 5.69 Å². The summed E-state index contributed by atoms with van der Waals surface area (Å²) in [4.78, 5) is 17.0. The molecule has 5 nitrogen and oxygen atoms in total. The van der Waals surface area contributed by atoms with Crippen molar-refractivity contribution in [2.75, 3.05) is 6.61 Å². The summed E-state index contributed by atoms with van der Waals surface area (Å²) < 4.78 is 7.67. The van der Waals surface area contributed by atoms with E-state index in [0.717, 1.165) is 32.6 Å². The summed E-state index contributed by atoms with van der Waals surface area (Å²) in [5, 5.41) is 1.76. The molecule has 0 saturated heterocycles. The van der Waals surface area contributed by atoms with Crippen molar-refractivity contribution in [1.82, 2.24) is 9.55 Å². The quantitative estimate of drug-likeness (QED) is 0.495. The minimum absolute atomic E-state index is 0.134. The molecule has 2 N–H and O–H groups in total. The molecule has 1 amide bonds. The first kappa shape index (κ1) is 22.4. The van der Waals surface area contributed by atoms with Crippen molar-refractivity contribution in [3.8, 4) is 0 Å². The maximum Gasteiger partial charge on any atom is 0.243 e. The Morgan fingerprint density at radius 2 is 1.97 bits per heavy atom. The summed E-state index contributed by atoms with van der Waals surface area (Å²) in [5.41, 5.74) is 8.48. The summed E-state index contributed by atoms with van der Waals surface area (Å²) in [6.07, 6.45) is 0. The zero-order valence-electron chi connectivity index (χ0n) is 17.4. The molecule has 30 heavy (non-hydrogen) atoms. The molecular weight excluding hydrogens is 418 g/mol. The molecule has 0 fully saturated rings. The number of ether oxygens (including phenoxy) is 1. The van der Waals surface area contributed by atoms with Crippen LogP contribution in [0.3, 0.4) is 0 Å². The van der Waals surface area contributed by atoms with Gasteiger partial charge in [0.25, 0.3) is 0 Å². The predicted molar refractivity (Wildman–Crippen MR) is 121 cm³/mol. The highest BCUT2D eigenvalue weighted by atomic mass is 35.5. The van der Waals surface area contributed by atoms with Crippen LogP contribution in [0.25, 0.3) is 0 Å².